The highest BCUT2D eigenvalue weighted by molar-refractivity contribution is 6.29. The largest absolute Gasteiger partial charge is 0.348 e. The van der Waals surface area contributed by atoms with Gasteiger partial charge in [-0.05, 0) is 40.5 Å². The van der Waals surface area contributed by atoms with E-state index in [1.54, 1.807) is 0 Å². The van der Waals surface area contributed by atoms with E-state index in [2.05, 4.69) is 48.3 Å². The van der Waals surface area contributed by atoms with Crippen LogP contribution < -0.4 is 10.6 Å². The average Bonchev–Trinajstić information content (AvgIpc) is 2.24. The monoisotopic (exact) mass is 296 g/mol. The molecule has 5 nitrogen and oxygen atoms in total. The zero-order valence-corrected chi connectivity index (χ0v) is 13.1. The molecule has 20 heavy (non-hydrogen) atoms. The molecule has 1 aromatic heterocycles. The van der Waals surface area contributed by atoms with E-state index >= 15 is 0 Å². The Bertz CT molecular complexity index is 500. The zero-order chi connectivity index (χ0) is 15.0. The standard InChI is InChI=1S/C14H21ClN4O/c1-13(2)5-9(6-14(3,4)19-13)17-12(20)10-7-16-8-11(15)18-10/h7-9,19H,5-6H2,1-4H3,(H,17,20). The molecule has 1 saturated heterocycles. The summed E-state index contributed by atoms with van der Waals surface area (Å²) < 4.78 is 0. The van der Waals surface area contributed by atoms with Crippen LogP contribution in [0.4, 0.5) is 0 Å². The number of nitrogens with one attached hydrogen (secondary N) is 2. The summed E-state index contributed by atoms with van der Waals surface area (Å²) in [6.07, 6.45) is 4.58. The highest BCUT2D eigenvalue weighted by atomic mass is 35.5. The van der Waals surface area contributed by atoms with Crippen LogP contribution >= 0.6 is 11.6 Å². The van der Waals surface area contributed by atoms with Gasteiger partial charge in [0.2, 0.25) is 0 Å². The van der Waals surface area contributed by atoms with Crippen LogP contribution in [0.1, 0.15) is 51.0 Å². The lowest BCUT2D eigenvalue weighted by molar-refractivity contribution is 0.0868. The number of hydrogen-bond acceptors (Lipinski definition) is 4. The summed E-state index contributed by atoms with van der Waals surface area (Å²) >= 11 is 5.76. The highest BCUT2D eigenvalue weighted by Crippen LogP contribution is 2.28. The van der Waals surface area contributed by atoms with Gasteiger partial charge in [0.15, 0.2) is 0 Å². The second kappa shape index (κ2) is 5.30. The van der Waals surface area contributed by atoms with Crippen molar-refractivity contribution in [2.24, 2.45) is 0 Å². The first-order valence-corrected chi connectivity index (χ1v) is 7.12. The van der Waals surface area contributed by atoms with Gasteiger partial charge in [-0.2, -0.15) is 0 Å². The molecular weight excluding hydrogens is 276 g/mol. The number of aromatic nitrogens is 2. The van der Waals surface area contributed by atoms with E-state index in [0.717, 1.165) is 12.8 Å². The van der Waals surface area contributed by atoms with Crippen molar-refractivity contribution in [2.45, 2.75) is 57.7 Å². The number of rotatable bonds is 2. The summed E-state index contributed by atoms with van der Waals surface area (Å²) in [4.78, 5) is 20.1. The summed E-state index contributed by atoms with van der Waals surface area (Å²) in [6, 6.07) is 0.106. The van der Waals surface area contributed by atoms with Gasteiger partial charge in [0, 0.05) is 17.1 Å². The van der Waals surface area contributed by atoms with Crippen molar-refractivity contribution in [3.8, 4) is 0 Å². The van der Waals surface area contributed by atoms with Crippen LogP contribution in [0, 0.1) is 0 Å². The van der Waals surface area contributed by atoms with Crippen molar-refractivity contribution >= 4 is 17.5 Å². The Labute approximate surface area is 124 Å². The van der Waals surface area contributed by atoms with E-state index in [4.69, 9.17) is 11.6 Å². The number of carbonyl (C=O) groups excluding carboxylic acids is 1. The molecule has 0 saturated carbocycles. The Morgan fingerprint density at radius 3 is 2.45 bits per heavy atom. The molecule has 110 valence electrons. The van der Waals surface area contributed by atoms with Crippen LogP contribution in [0.15, 0.2) is 12.4 Å². The molecule has 0 atom stereocenters. The Hall–Kier alpha value is -1.20. The van der Waals surface area contributed by atoms with Gasteiger partial charge in [-0.3, -0.25) is 9.78 Å². The fraction of sp³-hybridized carbons (Fsp3) is 0.643. The van der Waals surface area contributed by atoms with Gasteiger partial charge >= 0.3 is 0 Å². The number of amides is 1. The molecule has 2 heterocycles. The number of hydrogen-bond donors (Lipinski definition) is 2. The van der Waals surface area contributed by atoms with E-state index < -0.39 is 0 Å². The lowest BCUT2D eigenvalue weighted by Crippen LogP contribution is -2.62. The van der Waals surface area contributed by atoms with E-state index in [-0.39, 0.29) is 33.9 Å². The van der Waals surface area contributed by atoms with E-state index in [1.807, 2.05) is 0 Å². The van der Waals surface area contributed by atoms with Crippen molar-refractivity contribution in [1.29, 1.82) is 0 Å². The molecule has 0 spiro atoms. The molecule has 1 amide bonds. The Morgan fingerprint density at radius 2 is 1.90 bits per heavy atom. The van der Waals surface area contributed by atoms with Gasteiger partial charge in [-0.25, -0.2) is 4.98 Å². The Kier molecular flexibility index (Phi) is 4.02. The smallest absolute Gasteiger partial charge is 0.271 e. The highest BCUT2D eigenvalue weighted by Gasteiger charge is 2.38. The normalized spacial score (nSPS) is 21.4. The van der Waals surface area contributed by atoms with Crippen molar-refractivity contribution in [1.82, 2.24) is 20.6 Å². The predicted molar refractivity (Wildman–Crippen MR) is 78.8 cm³/mol. The summed E-state index contributed by atoms with van der Waals surface area (Å²) in [6.45, 7) is 8.58. The second-order valence-corrected chi connectivity index (χ2v) is 7.09. The van der Waals surface area contributed by atoms with Gasteiger partial charge in [0.1, 0.15) is 10.8 Å². The summed E-state index contributed by atoms with van der Waals surface area (Å²) in [5.74, 6) is -0.224. The molecule has 1 aromatic rings. The first-order chi connectivity index (χ1) is 9.17. The van der Waals surface area contributed by atoms with Crippen LogP contribution in [-0.2, 0) is 0 Å². The second-order valence-electron chi connectivity index (χ2n) is 6.70. The van der Waals surface area contributed by atoms with Crippen LogP contribution in [0.3, 0.4) is 0 Å². The lowest BCUT2D eigenvalue weighted by Gasteiger charge is -2.46. The third-order valence-electron chi connectivity index (χ3n) is 3.36. The Morgan fingerprint density at radius 1 is 1.30 bits per heavy atom. The van der Waals surface area contributed by atoms with Crippen LogP contribution in [0.2, 0.25) is 5.15 Å². The molecule has 2 rings (SSSR count). The van der Waals surface area contributed by atoms with E-state index in [1.165, 1.54) is 12.4 Å². The van der Waals surface area contributed by atoms with Gasteiger partial charge in [0.25, 0.3) is 5.91 Å². The minimum absolute atomic E-state index is 0.0142. The van der Waals surface area contributed by atoms with Gasteiger partial charge < -0.3 is 10.6 Å². The number of nitrogens with zero attached hydrogens (tertiary/aromatic N) is 2. The number of piperidine rings is 1. The molecule has 0 aromatic carbocycles. The first kappa shape index (κ1) is 15.2. The average molecular weight is 297 g/mol. The van der Waals surface area contributed by atoms with Crippen LogP contribution in [0.25, 0.3) is 0 Å². The quantitative estimate of drug-likeness (QED) is 0.878. The fourth-order valence-electron chi connectivity index (χ4n) is 3.14. The van der Waals surface area contributed by atoms with E-state index in [9.17, 15) is 4.79 Å². The topological polar surface area (TPSA) is 66.9 Å². The minimum Gasteiger partial charge on any atom is -0.348 e. The molecule has 0 aliphatic carbocycles. The van der Waals surface area contributed by atoms with Crippen molar-refractivity contribution in [2.75, 3.05) is 0 Å². The third kappa shape index (κ3) is 3.90. The van der Waals surface area contributed by atoms with E-state index in [0.29, 0.717) is 0 Å². The summed E-state index contributed by atoms with van der Waals surface area (Å²) in [7, 11) is 0. The lowest BCUT2D eigenvalue weighted by atomic mass is 9.79. The molecule has 0 unspecified atom stereocenters. The number of carbonyl (C=O) groups is 1. The zero-order valence-electron chi connectivity index (χ0n) is 12.3. The van der Waals surface area contributed by atoms with Crippen molar-refractivity contribution in [3.05, 3.63) is 23.2 Å². The Balaban J connectivity index is 2.08. The molecule has 1 aliphatic rings. The predicted octanol–water partition coefficient (Wildman–Crippen LogP) is 2.17. The van der Waals surface area contributed by atoms with Crippen molar-refractivity contribution in [3.63, 3.8) is 0 Å². The molecule has 1 fully saturated rings. The van der Waals surface area contributed by atoms with Crippen LogP contribution in [0.5, 0.6) is 0 Å². The van der Waals surface area contributed by atoms with Crippen molar-refractivity contribution < 1.29 is 4.79 Å². The molecular formula is C14H21ClN4O. The molecule has 0 radical (unpaired) electrons. The third-order valence-corrected chi connectivity index (χ3v) is 3.55. The minimum atomic E-state index is -0.224. The maximum absolute atomic E-state index is 12.2. The van der Waals surface area contributed by atoms with Gasteiger partial charge in [-0.1, -0.05) is 11.6 Å². The molecule has 2 N–H and O–H groups in total. The summed E-state index contributed by atoms with van der Waals surface area (Å²) in [5.41, 5.74) is 0.228. The number of halogens is 1. The van der Waals surface area contributed by atoms with Gasteiger partial charge in [0.05, 0.1) is 12.4 Å². The molecule has 1 aliphatic heterocycles. The maximum Gasteiger partial charge on any atom is 0.271 e. The first-order valence-electron chi connectivity index (χ1n) is 6.75. The maximum atomic E-state index is 12.2. The SMILES string of the molecule is CC1(C)CC(NC(=O)c2cncc(Cl)n2)CC(C)(C)N1. The fourth-order valence-corrected chi connectivity index (χ4v) is 3.28. The molecule has 0 bridgehead atoms. The molecule has 6 heteroatoms. The van der Waals surface area contributed by atoms with Crippen LogP contribution in [-0.4, -0.2) is 33.0 Å². The summed E-state index contributed by atoms with van der Waals surface area (Å²) in [5, 5.41) is 6.84. The van der Waals surface area contributed by atoms with Gasteiger partial charge in [-0.15, -0.1) is 0 Å².